The standard InChI is InChI=1S/C8H12O2/c1-8(2)3-5-6(4-8)10-7(5)9/h5-6H,3-4H2,1-2H3/t5-,6+/m0/s1. The van der Waals surface area contributed by atoms with Crippen molar-refractivity contribution in [2.45, 2.75) is 32.8 Å². The molecule has 1 saturated carbocycles. The van der Waals surface area contributed by atoms with Crippen molar-refractivity contribution in [1.82, 2.24) is 0 Å². The van der Waals surface area contributed by atoms with Crippen LogP contribution in [0.5, 0.6) is 0 Å². The average molecular weight is 140 g/mol. The number of carbonyl (C=O) groups excluding carboxylic acids is 1. The highest BCUT2D eigenvalue weighted by molar-refractivity contribution is 5.79. The van der Waals surface area contributed by atoms with E-state index >= 15 is 0 Å². The van der Waals surface area contributed by atoms with Gasteiger partial charge in [0.15, 0.2) is 0 Å². The minimum Gasteiger partial charge on any atom is -0.461 e. The van der Waals surface area contributed by atoms with Crippen LogP contribution in [0.15, 0.2) is 0 Å². The van der Waals surface area contributed by atoms with Gasteiger partial charge in [-0.1, -0.05) is 13.8 Å². The summed E-state index contributed by atoms with van der Waals surface area (Å²) < 4.78 is 4.96. The van der Waals surface area contributed by atoms with Crippen LogP contribution in [0.3, 0.4) is 0 Å². The second-order valence-corrected chi connectivity index (χ2v) is 4.15. The Labute approximate surface area is 60.6 Å². The molecule has 0 spiro atoms. The molecule has 2 fully saturated rings. The van der Waals surface area contributed by atoms with E-state index in [-0.39, 0.29) is 18.0 Å². The quantitative estimate of drug-likeness (QED) is 0.475. The van der Waals surface area contributed by atoms with Crippen LogP contribution < -0.4 is 0 Å². The number of ether oxygens (including phenoxy) is 1. The summed E-state index contributed by atoms with van der Waals surface area (Å²) in [6, 6.07) is 0. The summed E-state index contributed by atoms with van der Waals surface area (Å²) in [5, 5.41) is 0. The van der Waals surface area contributed by atoms with E-state index in [1.165, 1.54) is 0 Å². The lowest BCUT2D eigenvalue weighted by Crippen LogP contribution is -2.40. The van der Waals surface area contributed by atoms with Crippen molar-refractivity contribution in [3.8, 4) is 0 Å². The molecule has 0 unspecified atom stereocenters. The number of fused-ring (bicyclic) bond motifs is 1. The number of hydrogen-bond acceptors (Lipinski definition) is 2. The first-order chi connectivity index (χ1) is 4.58. The zero-order chi connectivity index (χ0) is 7.35. The number of rotatable bonds is 0. The molecule has 1 saturated heterocycles. The first-order valence-corrected chi connectivity index (χ1v) is 3.79. The van der Waals surface area contributed by atoms with Crippen LogP contribution in [0.2, 0.25) is 0 Å². The van der Waals surface area contributed by atoms with Crippen molar-refractivity contribution in [2.24, 2.45) is 11.3 Å². The fourth-order valence-electron chi connectivity index (χ4n) is 2.02. The van der Waals surface area contributed by atoms with Gasteiger partial charge in [-0.2, -0.15) is 0 Å². The molecular weight excluding hydrogens is 128 g/mol. The van der Waals surface area contributed by atoms with Crippen molar-refractivity contribution < 1.29 is 9.53 Å². The van der Waals surface area contributed by atoms with Crippen LogP contribution in [0.1, 0.15) is 26.7 Å². The fraction of sp³-hybridized carbons (Fsp3) is 0.875. The highest BCUT2D eigenvalue weighted by Crippen LogP contribution is 2.48. The van der Waals surface area contributed by atoms with Crippen LogP contribution in [-0.2, 0) is 9.53 Å². The van der Waals surface area contributed by atoms with Gasteiger partial charge in [0.25, 0.3) is 0 Å². The minimum atomic E-state index is 0.0237. The summed E-state index contributed by atoms with van der Waals surface area (Å²) in [4.78, 5) is 10.8. The van der Waals surface area contributed by atoms with E-state index in [1.807, 2.05) is 0 Å². The van der Waals surface area contributed by atoms with E-state index in [4.69, 9.17) is 4.74 Å². The van der Waals surface area contributed by atoms with Gasteiger partial charge in [-0.25, -0.2) is 0 Å². The van der Waals surface area contributed by atoms with Gasteiger partial charge in [-0.15, -0.1) is 0 Å². The monoisotopic (exact) mass is 140 g/mol. The lowest BCUT2D eigenvalue weighted by molar-refractivity contribution is -0.179. The molecular formula is C8H12O2. The zero-order valence-electron chi connectivity index (χ0n) is 6.39. The summed E-state index contributed by atoms with van der Waals surface area (Å²) in [5.74, 6) is 0.269. The lowest BCUT2D eigenvalue weighted by atomic mass is 9.91. The van der Waals surface area contributed by atoms with Gasteiger partial charge in [0.05, 0.1) is 5.92 Å². The largest absolute Gasteiger partial charge is 0.461 e. The van der Waals surface area contributed by atoms with E-state index in [0.29, 0.717) is 5.41 Å². The Morgan fingerprint density at radius 3 is 2.60 bits per heavy atom. The summed E-state index contributed by atoms with van der Waals surface area (Å²) in [5.41, 5.74) is 0.335. The Kier molecular flexibility index (Phi) is 0.960. The molecule has 2 atom stereocenters. The molecule has 1 aliphatic carbocycles. The molecule has 1 aliphatic heterocycles. The van der Waals surface area contributed by atoms with E-state index < -0.39 is 0 Å². The third-order valence-corrected chi connectivity index (χ3v) is 2.55. The summed E-state index contributed by atoms with van der Waals surface area (Å²) in [6.45, 7) is 4.39. The fourth-order valence-corrected chi connectivity index (χ4v) is 2.02. The molecule has 0 radical (unpaired) electrons. The smallest absolute Gasteiger partial charge is 0.313 e. The van der Waals surface area contributed by atoms with Gasteiger partial charge in [-0.3, -0.25) is 4.79 Å². The van der Waals surface area contributed by atoms with Gasteiger partial charge in [0.2, 0.25) is 0 Å². The maximum atomic E-state index is 10.8. The van der Waals surface area contributed by atoms with Crippen LogP contribution in [0, 0.1) is 11.3 Å². The van der Waals surface area contributed by atoms with Gasteiger partial charge in [0, 0.05) is 0 Å². The van der Waals surface area contributed by atoms with E-state index in [9.17, 15) is 4.79 Å². The first-order valence-electron chi connectivity index (χ1n) is 3.79. The third kappa shape index (κ3) is 0.678. The second-order valence-electron chi connectivity index (χ2n) is 4.15. The SMILES string of the molecule is CC1(C)C[C@@H]2C(=O)O[C@@H]2C1. The molecule has 2 nitrogen and oxygen atoms in total. The molecule has 2 heteroatoms. The van der Waals surface area contributed by atoms with E-state index in [0.717, 1.165) is 12.8 Å². The van der Waals surface area contributed by atoms with Crippen molar-refractivity contribution >= 4 is 5.97 Å². The van der Waals surface area contributed by atoms with Gasteiger partial charge < -0.3 is 4.74 Å². The minimum absolute atomic E-state index is 0.0237. The molecule has 1 heterocycles. The molecule has 0 N–H and O–H groups in total. The van der Waals surface area contributed by atoms with Crippen LogP contribution in [-0.4, -0.2) is 12.1 Å². The number of carbonyl (C=O) groups is 1. The van der Waals surface area contributed by atoms with Crippen molar-refractivity contribution in [1.29, 1.82) is 0 Å². The maximum absolute atomic E-state index is 10.8. The Morgan fingerprint density at radius 1 is 1.50 bits per heavy atom. The van der Waals surface area contributed by atoms with E-state index in [2.05, 4.69) is 13.8 Å². The topological polar surface area (TPSA) is 26.3 Å². The molecule has 0 bridgehead atoms. The van der Waals surface area contributed by atoms with E-state index in [1.54, 1.807) is 0 Å². The van der Waals surface area contributed by atoms with Crippen molar-refractivity contribution in [3.63, 3.8) is 0 Å². The molecule has 2 rings (SSSR count). The predicted octanol–water partition coefficient (Wildman–Crippen LogP) is 1.35. The van der Waals surface area contributed by atoms with Gasteiger partial charge >= 0.3 is 5.97 Å². The second kappa shape index (κ2) is 1.55. The Bertz CT molecular complexity index is 184. The normalized spacial score (nSPS) is 42.0. The first kappa shape index (κ1) is 6.20. The molecule has 0 aromatic heterocycles. The van der Waals surface area contributed by atoms with Crippen molar-refractivity contribution in [2.75, 3.05) is 0 Å². The highest BCUT2D eigenvalue weighted by atomic mass is 16.6. The Balaban J connectivity index is 2.12. The molecule has 10 heavy (non-hydrogen) atoms. The summed E-state index contributed by atoms with van der Waals surface area (Å²) in [7, 11) is 0. The third-order valence-electron chi connectivity index (χ3n) is 2.55. The van der Waals surface area contributed by atoms with Gasteiger partial charge in [-0.05, 0) is 18.3 Å². The molecule has 0 aromatic rings. The molecule has 0 amide bonds. The molecule has 56 valence electrons. The zero-order valence-corrected chi connectivity index (χ0v) is 6.39. The Morgan fingerprint density at radius 2 is 2.20 bits per heavy atom. The van der Waals surface area contributed by atoms with Crippen LogP contribution >= 0.6 is 0 Å². The number of hydrogen-bond donors (Lipinski definition) is 0. The highest BCUT2D eigenvalue weighted by Gasteiger charge is 2.52. The number of esters is 1. The molecule has 2 aliphatic rings. The predicted molar refractivity (Wildman–Crippen MR) is 36.4 cm³/mol. The maximum Gasteiger partial charge on any atom is 0.313 e. The summed E-state index contributed by atoms with van der Waals surface area (Å²) in [6.07, 6.45) is 2.35. The lowest BCUT2D eigenvalue weighted by Gasteiger charge is -2.28. The van der Waals surface area contributed by atoms with Crippen LogP contribution in [0.4, 0.5) is 0 Å². The summed E-state index contributed by atoms with van der Waals surface area (Å²) >= 11 is 0. The Hall–Kier alpha value is -0.530. The van der Waals surface area contributed by atoms with Crippen LogP contribution in [0.25, 0.3) is 0 Å². The average Bonchev–Trinajstić information content (AvgIpc) is 2.04. The molecule has 0 aromatic carbocycles. The van der Waals surface area contributed by atoms with Crippen molar-refractivity contribution in [3.05, 3.63) is 0 Å². The van der Waals surface area contributed by atoms with Gasteiger partial charge in [0.1, 0.15) is 6.10 Å².